The topological polar surface area (TPSA) is 52.0 Å². The Morgan fingerprint density at radius 2 is 2.03 bits per heavy atom. The largest absolute Gasteiger partial charge is 0.379 e. The van der Waals surface area contributed by atoms with Crippen molar-refractivity contribution >= 4 is 11.9 Å². The number of allylic oxidation sites excluding steroid dienone is 2. The van der Waals surface area contributed by atoms with Crippen LogP contribution in [0.3, 0.4) is 0 Å². The van der Waals surface area contributed by atoms with Gasteiger partial charge in [0.2, 0.25) is 0 Å². The minimum Gasteiger partial charge on any atom is -0.379 e. The van der Waals surface area contributed by atoms with E-state index in [0.29, 0.717) is 32.7 Å². The molecule has 1 saturated heterocycles. The molecule has 182 valence electrons. The van der Waals surface area contributed by atoms with Crippen molar-refractivity contribution in [2.24, 2.45) is 0 Å². The van der Waals surface area contributed by atoms with E-state index < -0.39 is 12.7 Å². The molecular formula is C23H32F2N4O3S. The van der Waals surface area contributed by atoms with Crippen LogP contribution in [0.2, 0.25) is 0 Å². The molecule has 3 heterocycles. The van der Waals surface area contributed by atoms with Crippen molar-refractivity contribution in [2.45, 2.75) is 64.0 Å². The van der Waals surface area contributed by atoms with Crippen molar-refractivity contribution in [1.82, 2.24) is 19.1 Å². The standard InChI is InChI=1S/C23H32F2N4O3S/c1-3-5-17(4-2)22(27-10-12-30-13-11-27)32-28-14-18-15-29(26-21(18)16-28)33-20-8-6-19(7-9-20)31-23(24)25/h3-6,8,15,19-20,22-23H,7,9-14,16H2,1-2H3/b5-3-,17-4+. The molecule has 4 rings (SSSR count). The van der Waals surface area contributed by atoms with Crippen LogP contribution in [0.1, 0.15) is 37.9 Å². The van der Waals surface area contributed by atoms with Gasteiger partial charge in [0.1, 0.15) is 0 Å². The minimum atomic E-state index is -2.73. The maximum atomic E-state index is 12.4. The summed E-state index contributed by atoms with van der Waals surface area (Å²) in [6, 6.07) is 0. The average molecular weight is 483 g/mol. The fourth-order valence-electron chi connectivity index (χ4n) is 4.27. The Labute approximate surface area is 198 Å². The van der Waals surface area contributed by atoms with Gasteiger partial charge >= 0.3 is 6.61 Å². The summed E-state index contributed by atoms with van der Waals surface area (Å²) in [6.07, 6.45) is 12.7. The molecule has 0 amide bonds. The number of hydroxylamine groups is 2. The van der Waals surface area contributed by atoms with Gasteiger partial charge in [0.25, 0.3) is 0 Å². The van der Waals surface area contributed by atoms with Crippen LogP contribution in [0.25, 0.3) is 0 Å². The van der Waals surface area contributed by atoms with Crippen LogP contribution in [-0.2, 0) is 27.4 Å². The Kier molecular flexibility index (Phi) is 8.72. The highest BCUT2D eigenvalue weighted by molar-refractivity contribution is 7.98. The quantitative estimate of drug-likeness (QED) is 0.387. The fraction of sp³-hybridized carbons (Fsp3) is 0.609. The first-order chi connectivity index (χ1) is 16.1. The first-order valence-corrected chi connectivity index (χ1v) is 12.3. The van der Waals surface area contributed by atoms with Crippen molar-refractivity contribution < 1.29 is 23.1 Å². The number of hydrogen-bond acceptors (Lipinski definition) is 7. The molecule has 1 fully saturated rings. The van der Waals surface area contributed by atoms with Crippen LogP contribution < -0.4 is 0 Å². The van der Waals surface area contributed by atoms with Gasteiger partial charge in [-0.1, -0.05) is 30.4 Å². The molecule has 0 bridgehead atoms. The number of alkyl halides is 2. The maximum Gasteiger partial charge on any atom is 0.345 e. The lowest BCUT2D eigenvalue weighted by molar-refractivity contribution is -0.239. The Hall–Kier alpha value is -1.56. The van der Waals surface area contributed by atoms with Crippen molar-refractivity contribution in [3.63, 3.8) is 0 Å². The van der Waals surface area contributed by atoms with Crippen LogP contribution in [-0.4, -0.2) is 69.6 Å². The Balaban J connectivity index is 1.34. The van der Waals surface area contributed by atoms with E-state index in [4.69, 9.17) is 14.7 Å². The minimum absolute atomic E-state index is 0.156. The second kappa shape index (κ2) is 11.7. The van der Waals surface area contributed by atoms with E-state index in [1.54, 1.807) is 18.0 Å². The lowest BCUT2D eigenvalue weighted by Gasteiger charge is -2.36. The molecule has 33 heavy (non-hydrogen) atoms. The molecule has 0 saturated carbocycles. The zero-order chi connectivity index (χ0) is 23.2. The van der Waals surface area contributed by atoms with Crippen molar-refractivity contribution in [3.8, 4) is 0 Å². The number of halogens is 2. The monoisotopic (exact) mass is 482 g/mol. The molecule has 3 aliphatic rings. The summed E-state index contributed by atoms with van der Waals surface area (Å²) in [7, 11) is 0. The van der Waals surface area contributed by atoms with E-state index in [-0.39, 0.29) is 11.5 Å². The molecule has 3 unspecified atom stereocenters. The zero-order valence-electron chi connectivity index (χ0n) is 19.1. The van der Waals surface area contributed by atoms with E-state index in [9.17, 15) is 8.78 Å². The van der Waals surface area contributed by atoms with E-state index in [2.05, 4.69) is 21.8 Å². The lowest BCUT2D eigenvalue weighted by Crippen LogP contribution is -2.47. The Morgan fingerprint density at radius 3 is 2.67 bits per heavy atom. The number of ether oxygens (including phenoxy) is 2. The Morgan fingerprint density at radius 1 is 1.21 bits per heavy atom. The van der Waals surface area contributed by atoms with Crippen molar-refractivity contribution in [3.05, 3.63) is 53.4 Å². The summed E-state index contributed by atoms with van der Waals surface area (Å²) in [6.45, 7) is 5.71. The third-order valence-electron chi connectivity index (χ3n) is 5.93. The van der Waals surface area contributed by atoms with Crippen LogP contribution in [0, 0.1) is 0 Å². The summed E-state index contributed by atoms with van der Waals surface area (Å²) in [5.74, 6) is 0. The van der Waals surface area contributed by atoms with E-state index in [0.717, 1.165) is 36.3 Å². The van der Waals surface area contributed by atoms with E-state index in [1.165, 1.54) is 0 Å². The molecule has 1 aromatic rings. The van der Waals surface area contributed by atoms with Crippen molar-refractivity contribution in [2.75, 3.05) is 26.3 Å². The third-order valence-corrected chi connectivity index (χ3v) is 7.00. The normalized spacial score (nSPS) is 25.9. The SMILES string of the molecule is C/C=C\C(=C/C)C(ON1Cc2cn(SC3C=CC(OC(F)F)CC3)nc2C1)N1CCOCC1. The Bertz CT molecular complexity index is 846. The summed E-state index contributed by atoms with van der Waals surface area (Å²) in [4.78, 5) is 8.78. The molecule has 1 aromatic heterocycles. The highest BCUT2D eigenvalue weighted by atomic mass is 32.2. The molecule has 0 N–H and O–H groups in total. The summed E-state index contributed by atoms with van der Waals surface area (Å²) < 4.78 is 36.7. The van der Waals surface area contributed by atoms with Crippen molar-refractivity contribution in [1.29, 1.82) is 0 Å². The molecule has 0 radical (unpaired) electrons. The number of aromatic nitrogens is 2. The van der Waals surface area contributed by atoms with Gasteiger partial charge in [-0.25, -0.2) is 4.09 Å². The first kappa shape index (κ1) is 24.6. The third kappa shape index (κ3) is 6.52. The van der Waals surface area contributed by atoms with E-state index in [1.807, 2.05) is 41.3 Å². The predicted molar refractivity (Wildman–Crippen MR) is 123 cm³/mol. The second-order valence-corrected chi connectivity index (χ2v) is 9.43. The van der Waals surface area contributed by atoms with Gasteiger partial charge in [0, 0.05) is 30.1 Å². The lowest BCUT2D eigenvalue weighted by atomic mass is 10.1. The molecular weight excluding hydrogens is 450 g/mol. The fourth-order valence-corrected chi connectivity index (χ4v) is 5.29. The predicted octanol–water partition coefficient (Wildman–Crippen LogP) is 4.13. The molecule has 2 aliphatic heterocycles. The average Bonchev–Trinajstić information content (AvgIpc) is 3.35. The first-order valence-electron chi connectivity index (χ1n) is 11.4. The van der Waals surface area contributed by atoms with Crippen LogP contribution in [0.15, 0.2) is 42.2 Å². The molecule has 10 heteroatoms. The van der Waals surface area contributed by atoms with E-state index >= 15 is 0 Å². The summed E-state index contributed by atoms with van der Waals surface area (Å²) in [5.41, 5.74) is 3.28. The van der Waals surface area contributed by atoms with Crippen LogP contribution >= 0.6 is 11.9 Å². The molecule has 3 atom stereocenters. The van der Waals surface area contributed by atoms with Crippen LogP contribution in [0.5, 0.6) is 0 Å². The number of hydrogen-bond donors (Lipinski definition) is 0. The van der Waals surface area contributed by atoms with Gasteiger partial charge in [0.05, 0.1) is 38.1 Å². The van der Waals surface area contributed by atoms with Gasteiger partial charge < -0.3 is 9.47 Å². The summed E-state index contributed by atoms with van der Waals surface area (Å²) >= 11 is 1.60. The second-order valence-electron chi connectivity index (χ2n) is 8.24. The zero-order valence-corrected chi connectivity index (χ0v) is 19.9. The summed E-state index contributed by atoms with van der Waals surface area (Å²) in [5, 5.41) is 6.91. The van der Waals surface area contributed by atoms with Crippen LogP contribution in [0.4, 0.5) is 8.78 Å². The van der Waals surface area contributed by atoms with Gasteiger partial charge in [-0.15, -0.1) is 0 Å². The number of rotatable bonds is 9. The van der Waals surface area contributed by atoms with Gasteiger partial charge in [-0.3, -0.25) is 9.74 Å². The molecule has 1 aliphatic carbocycles. The smallest absolute Gasteiger partial charge is 0.345 e. The highest BCUT2D eigenvalue weighted by Gasteiger charge is 2.31. The molecule has 0 spiro atoms. The molecule has 0 aromatic carbocycles. The van der Waals surface area contributed by atoms with Gasteiger partial charge in [-0.05, 0) is 44.2 Å². The maximum absolute atomic E-state index is 12.4. The number of nitrogens with zero attached hydrogens (tertiary/aromatic N) is 4. The highest BCUT2D eigenvalue weighted by Crippen LogP contribution is 2.30. The van der Waals surface area contributed by atoms with Gasteiger partial charge in [-0.2, -0.15) is 18.9 Å². The number of morpholine rings is 1. The number of fused-ring (bicyclic) bond motifs is 1. The van der Waals surface area contributed by atoms with Gasteiger partial charge in [0.15, 0.2) is 6.23 Å². The molecule has 7 nitrogen and oxygen atoms in total.